The van der Waals surface area contributed by atoms with Crippen molar-refractivity contribution in [3.8, 4) is 5.75 Å². The van der Waals surface area contributed by atoms with Gasteiger partial charge in [0, 0.05) is 45.0 Å². The molecule has 0 spiro atoms. The highest BCUT2D eigenvalue weighted by Gasteiger charge is 2.33. The van der Waals surface area contributed by atoms with Gasteiger partial charge in [-0.25, -0.2) is 0 Å². The summed E-state index contributed by atoms with van der Waals surface area (Å²) in [6.45, 7) is 1.55. The molecule has 2 heterocycles. The van der Waals surface area contributed by atoms with Crippen LogP contribution in [-0.2, 0) is 11.2 Å². The average molecular weight is 492 g/mol. The molecule has 0 N–H and O–H groups in total. The molecule has 0 bridgehead atoms. The molecule has 4 rings (SSSR count). The maximum atomic E-state index is 13.3. The molecule has 0 unspecified atom stereocenters. The van der Waals surface area contributed by atoms with E-state index in [0.717, 1.165) is 56.0 Å². The van der Waals surface area contributed by atoms with Crippen molar-refractivity contribution in [3.05, 3.63) is 59.9 Å². The fraction of sp³-hybridized carbons (Fsp3) is 0.567. The van der Waals surface area contributed by atoms with Gasteiger partial charge < -0.3 is 14.5 Å². The van der Waals surface area contributed by atoms with Crippen molar-refractivity contribution in [1.82, 2.24) is 14.8 Å². The van der Waals surface area contributed by atoms with Crippen LogP contribution in [-0.4, -0.2) is 59.9 Å². The Hall–Kier alpha value is -2.89. The lowest BCUT2D eigenvalue weighted by Gasteiger charge is -2.40. The number of methoxy groups -OCH3 is 1. The Bertz CT molecular complexity index is 982. The number of nitrogens with zero attached hydrogens (tertiary/aromatic N) is 3. The molecule has 1 aromatic carbocycles. The van der Waals surface area contributed by atoms with Gasteiger partial charge in [-0.05, 0) is 67.3 Å². The van der Waals surface area contributed by atoms with E-state index in [9.17, 15) is 9.59 Å². The van der Waals surface area contributed by atoms with Gasteiger partial charge in [0.2, 0.25) is 5.91 Å². The molecule has 194 valence electrons. The molecule has 6 nitrogen and oxygen atoms in total. The summed E-state index contributed by atoms with van der Waals surface area (Å²) in [6.07, 6.45) is 14.2. The number of hydrogen-bond donors (Lipinski definition) is 0. The minimum absolute atomic E-state index is 0.0121. The predicted octanol–water partition coefficient (Wildman–Crippen LogP) is 5.37. The molecule has 6 heteroatoms. The van der Waals surface area contributed by atoms with Crippen molar-refractivity contribution in [2.24, 2.45) is 11.8 Å². The first-order valence-electron chi connectivity index (χ1n) is 13.6. The third-order valence-electron chi connectivity index (χ3n) is 8.23. The van der Waals surface area contributed by atoms with Gasteiger partial charge >= 0.3 is 0 Å². The van der Waals surface area contributed by atoms with Crippen molar-refractivity contribution >= 4 is 11.8 Å². The summed E-state index contributed by atoms with van der Waals surface area (Å²) in [5.74, 6) is 2.18. The number of piperidine rings is 1. The molecule has 1 aromatic heterocycles. The van der Waals surface area contributed by atoms with Crippen LogP contribution in [0.4, 0.5) is 0 Å². The van der Waals surface area contributed by atoms with E-state index >= 15 is 0 Å². The number of pyridine rings is 1. The normalized spacial score (nSPS) is 18.0. The minimum atomic E-state index is -0.0121. The summed E-state index contributed by atoms with van der Waals surface area (Å²) < 4.78 is 5.43. The van der Waals surface area contributed by atoms with E-state index < -0.39 is 0 Å². The highest BCUT2D eigenvalue weighted by molar-refractivity contribution is 5.94. The molecule has 1 aliphatic heterocycles. The largest absolute Gasteiger partial charge is 0.497 e. The Labute approximate surface area is 216 Å². The van der Waals surface area contributed by atoms with Gasteiger partial charge in [0.15, 0.2) is 0 Å². The van der Waals surface area contributed by atoms with Gasteiger partial charge in [0.1, 0.15) is 5.75 Å². The Balaban J connectivity index is 1.41. The third kappa shape index (κ3) is 6.86. The summed E-state index contributed by atoms with van der Waals surface area (Å²) in [7, 11) is 3.58. The highest BCUT2D eigenvalue weighted by atomic mass is 16.5. The SMILES string of the molecule is COc1cccc(C[C@@H](C2CCN(C(=O)CCC3CCCCC3)CC2)N(C)C(=O)c2cccnc2)c1. The number of likely N-dealkylation sites (tertiary alicyclic amines) is 1. The van der Waals surface area contributed by atoms with Gasteiger partial charge in [-0.1, -0.05) is 44.2 Å². The Morgan fingerprint density at radius 3 is 2.56 bits per heavy atom. The zero-order chi connectivity index (χ0) is 25.3. The lowest BCUT2D eigenvalue weighted by Crippen LogP contribution is -2.48. The molecule has 1 atom stereocenters. The van der Waals surface area contributed by atoms with E-state index in [1.54, 1.807) is 25.6 Å². The lowest BCUT2D eigenvalue weighted by molar-refractivity contribution is -0.133. The standard InChI is InChI=1S/C30H41N3O3/c1-32(30(35)26-11-7-17-31-22-26)28(21-24-10-6-12-27(20-24)36-2)25-15-18-33(19-16-25)29(34)14-13-23-8-4-3-5-9-23/h6-7,10-12,17,20,22-23,25,28H,3-5,8-9,13-16,18-19,21H2,1-2H3/t28-/m0/s1. The predicted molar refractivity (Wildman–Crippen MR) is 142 cm³/mol. The molecule has 1 aliphatic carbocycles. The van der Waals surface area contributed by atoms with Crippen molar-refractivity contribution in [3.63, 3.8) is 0 Å². The topological polar surface area (TPSA) is 62.7 Å². The summed E-state index contributed by atoms with van der Waals surface area (Å²) >= 11 is 0. The van der Waals surface area contributed by atoms with Crippen LogP contribution in [0.1, 0.15) is 73.7 Å². The fourth-order valence-corrected chi connectivity index (χ4v) is 6.00. The first-order valence-corrected chi connectivity index (χ1v) is 13.6. The number of likely N-dealkylation sites (N-methyl/N-ethyl adjacent to an activating group) is 1. The maximum Gasteiger partial charge on any atom is 0.255 e. The summed E-state index contributed by atoms with van der Waals surface area (Å²) in [4.78, 5) is 34.4. The monoisotopic (exact) mass is 491 g/mol. The smallest absolute Gasteiger partial charge is 0.255 e. The molecule has 1 saturated heterocycles. The number of rotatable bonds is 9. The van der Waals surface area contributed by atoms with E-state index in [-0.39, 0.29) is 11.9 Å². The number of carbonyl (C=O) groups excluding carboxylic acids is 2. The van der Waals surface area contributed by atoms with E-state index in [4.69, 9.17) is 4.74 Å². The lowest BCUT2D eigenvalue weighted by atomic mass is 9.84. The van der Waals surface area contributed by atoms with Crippen LogP contribution in [0.25, 0.3) is 0 Å². The first-order chi connectivity index (χ1) is 17.5. The fourth-order valence-electron chi connectivity index (χ4n) is 6.00. The summed E-state index contributed by atoms with van der Waals surface area (Å²) in [5.41, 5.74) is 1.75. The molecule has 1 saturated carbocycles. The minimum Gasteiger partial charge on any atom is -0.497 e. The van der Waals surface area contributed by atoms with E-state index in [2.05, 4.69) is 22.0 Å². The number of benzene rings is 1. The van der Waals surface area contributed by atoms with Crippen LogP contribution in [0.5, 0.6) is 5.75 Å². The van der Waals surface area contributed by atoms with Crippen LogP contribution >= 0.6 is 0 Å². The zero-order valence-electron chi connectivity index (χ0n) is 21.9. The van der Waals surface area contributed by atoms with E-state index in [1.807, 2.05) is 30.1 Å². The summed E-state index contributed by atoms with van der Waals surface area (Å²) in [6, 6.07) is 11.8. The zero-order valence-corrected chi connectivity index (χ0v) is 21.9. The molecule has 2 aromatic rings. The molecule has 36 heavy (non-hydrogen) atoms. The van der Waals surface area contributed by atoms with Gasteiger partial charge in [-0.2, -0.15) is 0 Å². The molecular weight excluding hydrogens is 450 g/mol. The van der Waals surface area contributed by atoms with Gasteiger partial charge in [-0.3, -0.25) is 14.6 Å². The summed E-state index contributed by atoms with van der Waals surface area (Å²) in [5, 5.41) is 0. The second-order valence-electron chi connectivity index (χ2n) is 10.5. The Morgan fingerprint density at radius 1 is 1.08 bits per heavy atom. The number of carbonyl (C=O) groups is 2. The van der Waals surface area contributed by atoms with E-state index in [1.165, 1.54) is 32.1 Å². The maximum absolute atomic E-state index is 13.3. The van der Waals surface area contributed by atoms with Crippen molar-refractivity contribution in [1.29, 1.82) is 0 Å². The van der Waals surface area contributed by atoms with Crippen molar-refractivity contribution < 1.29 is 14.3 Å². The van der Waals surface area contributed by atoms with Gasteiger partial charge in [-0.15, -0.1) is 0 Å². The van der Waals surface area contributed by atoms with Crippen LogP contribution in [0.15, 0.2) is 48.8 Å². The van der Waals surface area contributed by atoms with Crippen LogP contribution in [0, 0.1) is 11.8 Å². The second kappa shape index (κ2) is 12.9. The number of ether oxygens (including phenoxy) is 1. The van der Waals surface area contributed by atoms with Crippen LogP contribution < -0.4 is 4.74 Å². The molecular formula is C30H41N3O3. The molecule has 2 amide bonds. The van der Waals surface area contributed by atoms with Crippen LogP contribution in [0.3, 0.4) is 0 Å². The first kappa shape index (κ1) is 26.2. The quantitative estimate of drug-likeness (QED) is 0.473. The number of amides is 2. The molecule has 2 aliphatic rings. The number of hydrogen-bond acceptors (Lipinski definition) is 4. The molecule has 0 radical (unpaired) electrons. The van der Waals surface area contributed by atoms with Crippen LogP contribution in [0.2, 0.25) is 0 Å². The third-order valence-corrected chi connectivity index (χ3v) is 8.23. The van der Waals surface area contributed by atoms with Crippen molar-refractivity contribution in [2.45, 2.75) is 70.3 Å². The van der Waals surface area contributed by atoms with Gasteiger partial charge in [0.25, 0.3) is 5.91 Å². The number of aromatic nitrogens is 1. The van der Waals surface area contributed by atoms with Gasteiger partial charge in [0.05, 0.1) is 12.7 Å². The second-order valence-corrected chi connectivity index (χ2v) is 10.5. The Morgan fingerprint density at radius 2 is 1.86 bits per heavy atom. The van der Waals surface area contributed by atoms with E-state index in [0.29, 0.717) is 23.8 Å². The average Bonchev–Trinajstić information content (AvgIpc) is 2.95. The van der Waals surface area contributed by atoms with Crippen molar-refractivity contribution in [2.75, 3.05) is 27.2 Å². The highest BCUT2D eigenvalue weighted by Crippen LogP contribution is 2.30. The Kier molecular flexibility index (Phi) is 9.37. The molecule has 2 fully saturated rings.